The molecule has 4 heteroatoms. The van der Waals surface area contributed by atoms with E-state index in [1.54, 1.807) is 14.1 Å². The number of rotatable bonds is 1. The minimum atomic E-state index is -0.145. The number of hydrogen-bond acceptors (Lipinski definition) is 3. The van der Waals surface area contributed by atoms with Crippen LogP contribution in [0.4, 0.5) is 0 Å². The number of aromatic nitrogens is 1. The van der Waals surface area contributed by atoms with E-state index >= 15 is 0 Å². The van der Waals surface area contributed by atoms with Crippen LogP contribution < -0.4 is 0 Å². The fourth-order valence-electron chi connectivity index (χ4n) is 0.547. The Morgan fingerprint density at radius 1 is 1.70 bits per heavy atom. The molecule has 0 radical (unpaired) electrons. The summed E-state index contributed by atoms with van der Waals surface area (Å²) in [4.78, 5) is 16.1. The van der Waals surface area contributed by atoms with Crippen LogP contribution in [-0.2, 0) is 0 Å². The van der Waals surface area contributed by atoms with Gasteiger partial charge in [-0.05, 0) is 0 Å². The van der Waals surface area contributed by atoms with E-state index in [2.05, 4.69) is 9.40 Å². The van der Waals surface area contributed by atoms with Gasteiger partial charge in [0.05, 0.1) is 0 Å². The Hall–Kier alpha value is -1.32. The quantitative estimate of drug-likeness (QED) is 0.566. The third kappa shape index (κ3) is 1.15. The monoisotopic (exact) mass is 140 g/mol. The Morgan fingerprint density at radius 2 is 2.40 bits per heavy atom. The van der Waals surface area contributed by atoms with Crippen LogP contribution in [0.25, 0.3) is 0 Å². The van der Waals surface area contributed by atoms with Gasteiger partial charge in [0.2, 0.25) is 0 Å². The molecule has 0 spiro atoms. The van der Waals surface area contributed by atoms with E-state index in [9.17, 15) is 4.79 Å². The Labute approximate surface area is 58.5 Å². The molecule has 1 amide bonds. The molecule has 1 heterocycles. The molecule has 0 atom stereocenters. The summed E-state index contributed by atoms with van der Waals surface area (Å²) >= 11 is 0. The largest absolute Gasteiger partial charge is 0.451 e. The normalized spacial score (nSPS) is 9.40. The highest BCUT2D eigenvalue weighted by molar-refractivity contribution is 5.91. The van der Waals surface area contributed by atoms with Crippen LogP contribution in [0.3, 0.4) is 0 Å². The third-order valence-corrected chi connectivity index (χ3v) is 1.06. The highest BCUT2D eigenvalue weighted by Gasteiger charge is 2.09. The summed E-state index contributed by atoms with van der Waals surface area (Å²) in [6, 6.07) is 0. The van der Waals surface area contributed by atoms with Gasteiger partial charge in [0, 0.05) is 14.1 Å². The molecule has 10 heavy (non-hydrogen) atoms. The number of oxazole rings is 1. The molecule has 0 aromatic carbocycles. The van der Waals surface area contributed by atoms with E-state index in [0.29, 0.717) is 5.69 Å². The summed E-state index contributed by atoms with van der Waals surface area (Å²) in [6.45, 7) is 0. The second-order valence-electron chi connectivity index (χ2n) is 2.07. The molecule has 0 fully saturated rings. The van der Waals surface area contributed by atoms with Gasteiger partial charge in [-0.2, -0.15) is 0 Å². The van der Waals surface area contributed by atoms with Crippen LogP contribution >= 0.6 is 0 Å². The first kappa shape index (κ1) is 6.80. The predicted octanol–water partition coefficient (Wildman–Crippen LogP) is 0.376. The molecular formula is C6H8N2O2. The van der Waals surface area contributed by atoms with Crippen molar-refractivity contribution in [3.05, 3.63) is 18.4 Å². The van der Waals surface area contributed by atoms with Crippen molar-refractivity contribution in [2.24, 2.45) is 0 Å². The van der Waals surface area contributed by atoms with Gasteiger partial charge in [-0.1, -0.05) is 0 Å². The first-order valence-electron chi connectivity index (χ1n) is 2.81. The Morgan fingerprint density at radius 3 is 2.80 bits per heavy atom. The molecule has 0 unspecified atom stereocenters. The van der Waals surface area contributed by atoms with Gasteiger partial charge in [-0.15, -0.1) is 0 Å². The Kier molecular flexibility index (Phi) is 1.71. The molecular weight excluding hydrogens is 132 g/mol. The maximum absolute atomic E-state index is 11.0. The SMILES string of the molecule is CN(C)C(=O)c1cocn1. The third-order valence-electron chi connectivity index (χ3n) is 1.06. The van der Waals surface area contributed by atoms with Crippen molar-refractivity contribution in [1.29, 1.82) is 0 Å². The van der Waals surface area contributed by atoms with Crippen LogP contribution in [0, 0.1) is 0 Å². The lowest BCUT2D eigenvalue weighted by molar-refractivity contribution is 0.0822. The van der Waals surface area contributed by atoms with E-state index in [1.807, 2.05) is 0 Å². The highest BCUT2D eigenvalue weighted by Crippen LogP contribution is 1.96. The number of carbonyl (C=O) groups excluding carboxylic acids is 1. The molecule has 1 rings (SSSR count). The Balaban J connectivity index is 2.78. The summed E-state index contributed by atoms with van der Waals surface area (Å²) in [7, 11) is 3.33. The lowest BCUT2D eigenvalue weighted by Gasteiger charge is -2.05. The van der Waals surface area contributed by atoms with Crippen molar-refractivity contribution in [1.82, 2.24) is 9.88 Å². The lowest BCUT2D eigenvalue weighted by atomic mass is 10.4. The van der Waals surface area contributed by atoms with Crippen molar-refractivity contribution in [3.8, 4) is 0 Å². The van der Waals surface area contributed by atoms with Gasteiger partial charge in [-0.3, -0.25) is 4.79 Å². The van der Waals surface area contributed by atoms with Gasteiger partial charge >= 0.3 is 0 Å². The summed E-state index contributed by atoms with van der Waals surface area (Å²) < 4.78 is 4.63. The standard InChI is InChI=1S/C6H8N2O2/c1-8(2)6(9)5-3-10-4-7-5/h3-4H,1-2H3. The van der Waals surface area contributed by atoms with Crippen molar-refractivity contribution < 1.29 is 9.21 Å². The van der Waals surface area contributed by atoms with Gasteiger partial charge in [0.15, 0.2) is 12.1 Å². The van der Waals surface area contributed by atoms with Crippen LogP contribution in [0.15, 0.2) is 17.1 Å². The molecule has 0 saturated heterocycles. The molecule has 1 aromatic heterocycles. The summed E-state index contributed by atoms with van der Waals surface area (Å²) in [5.41, 5.74) is 0.338. The zero-order chi connectivity index (χ0) is 7.56. The summed E-state index contributed by atoms with van der Waals surface area (Å²) in [6.07, 6.45) is 2.55. The number of carbonyl (C=O) groups is 1. The van der Waals surface area contributed by atoms with Gasteiger partial charge < -0.3 is 9.32 Å². The zero-order valence-corrected chi connectivity index (χ0v) is 5.87. The molecule has 0 bridgehead atoms. The number of nitrogens with zero attached hydrogens (tertiary/aromatic N) is 2. The van der Waals surface area contributed by atoms with Crippen LogP contribution in [0.1, 0.15) is 10.5 Å². The molecule has 4 nitrogen and oxygen atoms in total. The smallest absolute Gasteiger partial charge is 0.275 e. The van der Waals surface area contributed by atoms with Crippen molar-refractivity contribution in [3.63, 3.8) is 0 Å². The van der Waals surface area contributed by atoms with Crippen molar-refractivity contribution in [2.75, 3.05) is 14.1 Å². The molecule has 54 valence electrons. The number of amides is 1. The molecule has 0 aliphatic carbocycles. The fourth-order valence-corrected chi connectivity index (χ4v) is 0.547. The lowest BCUT2D eigenvalue weighted by Crippen LogP contribution is -2.21. The van der Waals surface area contributed by atoms with Gasteiger partial charge in [0.25, 0.3) is 5.91 Å². The molecule has 0 aliphatic heterocycles. The van der Waals surface area contributed by atoms with Crippen molar-refractivity contribution >= 4 is 5.91 Å². The number of hydrogen-bond donors (Lipinski definition) is 0. The molecule has 0 N–H and O–H groups in total. The first-order chi connectivity index (χ1) is 4.72. The predicted molar refractivity (Wildman–Crippen MR) is 34.5 cm³/mol. The van der Waals surface area contributed by atoms with E-state index in [0.717, 1.165) is 0 Å². The summed E-state index contributed by atoms with van der Waals surface area (Å²) in [5, 5.41) is 0. The molecule has 1 aromatic rings. The maximum Gasteiger partial charge on any atom is 0.275 e. The van der Waals surface area contributed by atoms with E-state index < -0.39 is 0 Å². The minimum Gasteiger partial charge on any atom is -0.451 e. The van der Waals surface area contributed by atoms with Crippen LogP contribution in [0.5, 0.6) is 0 Å². The fraction of sp³-hybridized carbons (Fsp3) is 0.333. The van der Waals surface area contributed by atoms with Gasteiger partial charge in [-0.25, -0.2) is 4.98 Å². The summed E-state index contributed by atoms with van der Waals surface area (Å²) in [5.74, 6) is -0.145. The molecule has 0 saturated carbocycles. The molecule has 0 aliphatic rings. The van der Waals surface area contributed by atoms with E-state index in [4.69, 9.17) is 0 Å². The second-order valence-corrected chi connectivity index (χ2v) is 2.07. The second kappa shape index (κ2) is 2.51. The van der Waals surface area contributed by atoms with Crippen molar-refractivity contribution in [2.45, 2.75) is 0 Å². The zero-order valence-electron chi connectivity index (χ0n) is 5.87. The Bertz CT molecular complexity index is 216. The van der Waals surface area contributed by atoms with Crippen LogP contribution in [0.2, 0.25) is 0 Å². The topological polar surface area (TPSA) is 46.3 Å². The van der Waals surface area contributed by atoms with E-state index in [-0.39, 0.29) is 5.91 Å². The first-order valence-corrected chi connectivity index (χ1v) is 2.81. The average molecular weight is 140 g/mol. The van der Waals surface area contributed by atoms with Gasteiger partial charge in [0.1, 0.15) is 6.26 Å². The van der Waals surface area contributed by atoms with E-state index in [1.165, 1.54) is 17.6 Å². The highest BCUT2D eigenvalue weighted by atomic mass is 16.3. The van der Waals surface area contributed by atoms with Crippen LogP contribution in [-0.4, -0.2) is 29.9 Å². The average Bonchev–Trinajstić information content (AvgIpc) is 2.36. The maximum atomic E-state index is 11.0. The minimum absolute atomic E-state index is 0.145.